The van der Waals surface area contributed by atoms with Crippen LogP contribution < -0.4 is 0 Å². The maximum absolute atomic E-state index is 8.90. The maximum Gasteiger partial charge on any atom is 0.0443 e. The van der Waals surface area contributed by atoms with Gasteiger partial charge >= 0.3 is 0 Å². The lowest BCUT2D eigenvalue weighted by Gasteiger charge is -2.29. The highest BCUT2D eigenvalue weighted by atomic mass is 16.3. The molecule has 0 aliphatic heterocycles. The average Bonchev–Trinajstić information content (AvgIpc) is 3.09. The molecule has 0 heterocycles. The number of rotatable bonds is 6. The van der Waals surface area contributed by atoms with Gasteiger partial charge in [0.2, 0.25) is 0 Å². The lowest BCUT2D eigenvalue weighted by molar-refractivity contribution is 0.174. The minimum Gasteiger partial charge on any atom is -0.396 e. The summed E-state index contributed by atoms with van der Waals surface area (Å²) in [4.78, 5) is 2.65. The summed E-state index contributed by atoms with van der Waals surface area (Å²) in [6.45, 7) is 2.79. The number of nitrogens with zero attached hydrogens (tertiary/aromatic N) is 1. The molecule has 2 aliphatic carbocycles. The van der Waals surface area contributed by atoms with Crippen molar-refractivity contribution in [1.82, 2.24) is 4.90 Å². The van der Waals surface area contributed by atoms with Gasteiger partial charge in [0.05, 0.1) is 0 Å². The number of hydrogen-bond donors (Lipinski definition) is 1. The molecule has 0 atom stereocenters. The van der Waals surface area contributed by atoms with Gasteiger partial charge in [-0.1, -0.05) is 19.3 Å². The Kier molecular flexibility index (Phi) is 4.45. The standard InChI is InChI=1S/C13H25NO/c15-10-4-9-14(13-7-8-13)11-12-5-2-1-3-6-12/h12-13,15H,1-11H2. The predicted octanol–water partition coefficient (Wildman–Crippen LogP) is 2.41. The zero-order valence-electron chi connectivity index (χ0n) is 9.83. The van der Waals surface area contributed by atoms with Crippen molar-refractivity contribution in [2.24, 2.45) is 5.92 Å². The quantitative estimate of drug-likeness (QED) is 0.729. The zero-order chi connectivity index (χ0) is 10.5. The fourth-order valence-corrected chi connectivity index (χ4v) is 2.84. The average molecular weight is 211 g/mol. The molecule has 0 saturated heterocycles. The second-order valence-corrected chi connectivity index (χ2v) is 5.31. The molecule has 2 saturated carbocycles. The lowest BCUT2D eigenvalue weighted by Crippen LogP contribution is -2.33. The molecule has 15 heavy (non-hydrogen) atoms. The summed E-state index contributed by atoms with van der Waals surface area (Å²) < 4.78 is 0. The van der Waals surface area contributed by atoms with Gasteiger partial charge in [0, 0.05) is 25.7 Å². The van der Waals surface area contributed by atoms with E-state index in [0.29, 0.717) is 6.61 Å². The van der Waals surface area contributed by atoms with E-state index in [2.05, 4.69) is 4.90 Å². The van der Waals surface area contributed by atoms with Gasteiger partial charge in [0.15, 0.2) is 0 Å². The van der Waals surface area contributed by atoms with E-state index in [-0.39, 0.29) is 0 Å². The smallest absolute Gasteiger partial charge is 0.0443 e. The van der Waals surface area contributed by atoms with E-state index in [4.69, 9.17) is 5.11 Å². The first-order chi connectivity index (χ1) is 7.40. The third kappa shape index (κ3) is 3.76. The Bertz CT molecular complexity index is 173. The summed E-state index contributed by atoms with van der Waals surface area (Å²) in [6.07, 6.45) is 11.0. The van der Waals surface area contributed by atoms with E-state index in [0.717, 1.165) is 24.9 Å². The Labute approximate surface area is 93.7 Å². The summed E-state index contributed by atoms with van der Waals surface area (Å²) in [6, 6.07) is 0.874. The summed E-state index contributed by atoms with van der Waals surface area (Å²) >= 11 is 0. The van der Waals surface area contributed by atoms with Gasteiger partial charge in [-0.25, -0.2) is 0 Å². The molecule has 2 rings (SSSR count). The van der Waals surface area contributed by atoms with E-state index in [9.17, 15) is 0 Å². The van der Waals surface area contributed by atoms with Crippen molar-refractivity contribution < 1.29 is 5.11 Å². The molecule has 0 aromatic heterocycles. The van der Waals surface area contributed by atoms with Crippen molar-refractivity contribution in [3.63, 3.8) is 0 Å². The monoisotopic (exact) mass is 211 g/mol. The van der Waals surface area contributed by atoms with Crippen molar-refractivity contribution in [1.29, 1.82) is 0 Å². The highest BCUT2D eigenvalue weighted by Gasteiger charge is 2.30. The second kappa shape index (κ2) is 5.86. The molecule has 0 amide bonds. The van der Waals surface area contributed by atoms with Crippen LogP contribution in [0.3, 0.4) is 0 Å². The molecule has 88 valence electrons. The van der Waals surface area contributed by atoms with Crippen LogP contribution in [0.1, 0.15) is 51.4 Å². The molecule has 2 fully saturated rings. The molecule has 0 aromatic rings. The van der Waals surface area contributed by atoms with Crippen LogP contribution in [0.15, 0.2) is 0 Å². The van der Waals surface area contributed by atoms with Crippen LogP contribution >= 0.6 is 0 Å². The van der Waals surface area contributed by atoms with Crippen molar-refractivity contribution in [3.05, 3.63) is 0 Å². The van der Waals surface area contributed by atoms with Crippen molar-refractivity contribution in [2.75, 3.05) is 19.7 Å². The van der Waals surface area contributed by atoms with Crippen molar-refractivity contribution >= 4 is 0 Å². The van der Waals surface area contributed by atoms with Crippen LogP contribution in [-0.2, 0) is 0 Å². The Morgan fingerprint density at radius 2 is 1.73 bits per heavy atom. The van der Waals surface area contributed by atoms with E-state index in [1.807, 2.05) is 0 Å². The third-order valence-electron chi connectivity index (χ3n) is 3.88. The fraction of sp³-hybridized carbons (Fsp3) is 1.00. The Morgan fingerprint density at radius 1 is 1.00 bits per heavy atom. The summed E-state index contributed by atoms with van der Waals surface area (Å²) in [7, 11) is 0. The highest BCUT2D eigenvalue weighted by Crippen LogP contribution is 2.31. The summed E-state index contributed by atoms with van der Waals surface area (Å²) in [5, 5.41) is 8.90. The van der Waals surface area contributed by atoms with Crippen LogP contribution in [0.5, 0.6) is 0 Å². The van der Waals surface area contributed by atoms with Crippen LogP contribution in [0, 0.1) is 5.92 Å². The van der Waals surface area contributed by atoms with E-state index in [1.165, 1.54) is 51.5 Å². The number of aliphatic hydroxyl groups excluding tert-OH is 1. The van der Waals surface area contributed by atoms with Crippen molar-refractivity contribution in [3.8, 4) is 0 Å². The molecule has 0 radical (unpaired) electrons. The molecule has 0 aromatic carbocycles. The minimum absolute atomic E-state index is 0.355. The van der Waals surface area contributed by atoms with Gasteiger partial charge in [-0.2, -0.15) is 0 Å². The second-order valence-electron chi connectivity index (χ2n) is 5.31. The molecule has 2 aliphatic rings. The molecule has 1 N–H and O–H groups in total. The molecule has 0 unspecified atom stereocenters. The molecule has 0 bridgehead atoms. The van der Waals surface area contributed by atoms with E-state index < -0.39 is 0 Å². The number of hydrogen-bond acceptors (Lipinski definition) is 2. The van der Waals surface area contributed by atoms with Gasteiger partial charge in [0.25, 0.3) is 0 Å². The van der Waals surface area contributed by atoms with Gasteiger partial charge < -0.3 is 10.0 Å². The van der Waals surface area contributed by atoms with Gasteiger partial charge in [-0.15, -0.1) is 0 Å². The van der Waals surface area contributed by atoms with Crippen LogP contribution in [0.25, 0.3) is 0 Å². The van der Waals surface area contributed by atoms with E-state index >= 15 is 0 Å². The van der Waals surface area contributed by atoms with Crippen LogP contribution in [-0.4, -0.2) is 35.7 Å². The van der Waals surface area contributed by atoms with Gasteiger partial charge in [-0.3, -0.25) is 0 Å². The minimum atomic E-state index is 0.355. The lowest BCUT2D eigenvalue weighted by atomic mass is 9.89. The first kappa shape index (κ1) is 11.4. The van der Waals surface area contributed by atoms with Crippen molar-refractivity contribution in [2.45, 2.75) is 57.4 Å². The fourth-order valence-electron chi connectivity index (χ4n) is 2.84. The first-order valence-electron chi connectivity index (χ1n) is 6.75. The largest absolute Gasteiger partial charge is 0.396 e. The van der Waals surface area contributed by atoms with Crippen LogP contribution in [0.2, 0.25) is 0 Å². The summed E-state index contributed by atoms with van der Waals surface area (Å²) in [5.41, 5.74) is 0. The van der Waals surface area contributed by atoms with E-state index in [1.54, 1.807) is 0 Å². The van der Waals surface area contributed by atoms with Gasteiger partial charge in [-0.05, 0) is 38.0 Å². The molecular weight excluding hydrogens is 186 g/mol. The maximum atomic E-state index is 8.90. The predicted molar refractivity (Wildman–Crippen MR) is 62.9 cm³/mol. The highest BCUT2D eigenvalue weighted by molar-refractivity contribution is 4.86. The molecule has 0 spiro atoms. The molecular formula is C13H25NO. The summed E-state index contributed by atoms with van der Waals surface area (Å²) in [5.74, 6) is 0.957. The Hall–Kier alpha value is -0.0800. The third-order valence-corrected chi connectivity index (χ3v) is 3.88. The first-order valence-corrected chi connectivity index (χ1v) is 6.75. The normalized spacial score (nSPS) is 23.6. The topological polar surface area (TPSA) is 23.5 Å². The molecule has 2 heteroatoms. The number of aliphatic hydroxyl groups is 1. The zero-order valence-corrected chi connectivity index (χ0v) is 9.83. The van der Waals surface area contributed by atoms with Crippen LogP contribution in [0.4, 0.5) is 0 Å². The SMILES string of the molecule is OCCCN(CC1CCCCC1)C1CC1. The Balaban J connectivity index is 1.72. The Morgan fingerprint density at radius 3 is 2.33 bits per heavy atom. The van der Waals surface area contributed by atoms with Gasteiger partial charge in [0.1, 0.15) is 0 Å². The molecule has 2 nitrogen and oxygen atoms in total.